The maximum atomic E-state index is 11.9. The molecule has 0 bridgehead atoms. The summed E-state index contributed by atoms with van der Waals surface area (Å²) in [5.74, 6) is -0.782. The smallest absolute Gasteiger partial charge is 0.235 e. The summed E-state index contributed by atoms with van der Waals surface area (Å²) in [6.07, 6.45) is 2.71. The van der Waals surface area contributed by atoms with Crippen molar-refractivity contribution in [3.05, 3.63) is 0 Å². The third kappa shape index (κ3) is 8.47. The standard InChI is InChI=1S/C12H26N2O3S/c1-4-7-11(14-8-5-2)9-18(16,17)10-12(15)13-6-3/h11,14H,4-10H2,1-3H3,(H,13,15). The lowest BCUT2D eigenvalue weighted by Gasteiger charge is -2.17. The lowest BCUT2D eigenvalue weighted by Crippen LogP contribution is -2.39. The lowest BCUT2D eigenvalue weighted by atomic mass is 10.2. The number of hydrogen-bond acceptors (Lipinski definition) is 4. The van der Waals surface area contributed by atoms with Gasteiger partial charge in [-0.15, -0.1) is 0 Å². The molecule has 0 fully saturated rings. The first-order valence-corrected chi connectivity index (χ1v) is 8.47. The lowest BCUT2D eigenvalue weighted by molar-refractivity contribution is -0.118. The van der Waals surface area contributed by atoms with E-state index in [0.717, 1.165) is 25.8 Å². The van der Waals surface area contributed by atoms with Gasteiger partial charge in [-0.2, -0.15) is 0 Å². The molecule has 0 rings (SSSR count). The minimum Gasteiger partial charge on any atom is -0.356 e. The summed E-state index contributed by atoms with van der Waals surface area (Å²) in [4.78, 5) is 11.3. The van der Waals surface area contributed by atoms with Crippen LogP contribution in [-0.2, 0) is 14.6 Å². The van der Waals surface area contributed by atoms with E-state index in [1.165, 1.54) is 0 Å². The van der Waals surface area contributed by atoms with Gasteiger partial charge in [0, 0.05) is 12.6 Å². The summed E-state index contributed by atoms with van der Waals surface area (Å²) in [6.45, 7) is 7.10. The highest BCUT2D eigenvalue weighted by molar-refractivity contribution is 7.92. The molecule has 1 unspecified atom stereocenters. The number of hydrogen-bond donors (Lipinski definition) is 2. The fraction of sp³-hybridized carbons (Fsp3) is 0.917. The summed E-state index contributed by atoms with van der Waals surface area (Å²) in [5, 5.41) is 5.73. The molecule has 0 aromatic rings. The van der Waals surface area contributed by atoms with Crippen molar-refractivity contribution in [2.45, 2.75) is 46.1 Å². The SMILES string of the molecule is CCCNC(CCC)CS(=O)(=O)CC(=O)NCC. The Morgan fingerprint density at radius 2 is 1.83 bits per heavy atom. The molecule has 0 heterocycles. The van der Waals surface area contributed by atoms with Gasteiger partial charge in [0.1, 0.15) is 5.75 Å². The molecule has 0 aromatic heterocycles. The Balaban J connectivity index is 4.35. The number of sulfone groups is 1. The molecule has 1 atom stereocenters. The van der Waals surface area contributed by atoms with Gasteiger partial charge >= 0.3 is 0 Å². The number of rotatable bonds is 10. The monoisotopic (exact) mass is 278 g/mol. The molecule has 18 heavy (non-hydrogen) atoms. The summed E-state index contributed by atoms with van der Waals surface area (Å²) in [5.41, 5.74) is 0. The molecular formula is C12H26N2O3S. The highest BCUT2D eigenvalue weighted by atomic mass is 32.2. The van der Waals surface area contributed by atoms with E-state index < -0.39 is 21.5 Å². The zero-order valence-electron chi connectivity index (χ0n) is 11.7. The van der Waals surface area contributed by atoms with Crippen LogP contribution in [0.3, 0.4) is 0 Å². The van der Waals surface area contributed by atoms with Gasteiger partial charge in [0.15, 0.2) is 9.84 Å². The van der Waals surface area contributed by atoms with E-state index in [1.54, 1.807) is 6.92 Å². The van der Waals surface area contributed by atoms with Crippen molar-refractivity contribution in [2.24, 2.45) is 0 Å². The van der Waals surface area contributed by atoms with E-state index in [-0.39, 0.29) is 11.8 Å². The first kappa shape index (κ1) is 17.4. The molecule has 0 radical (unpaired) electrons. The minimum atomic E-state index is -3.33. The van der Waals surface area contributed by atoms with Crippen molar-refractivity contribution in [1.29, 1.82) is 0 Å². The predicted octanol–water partition coefficient (Wildman–Crippen LogP) is 0.706. The number of amides is 1. The molecule has 0 aliphatic carbocycles. The molecule has 108 valence electrons. The largest absolute Gasteiger partial charge is 0.356 e. The van der Waals surface area contributed by atoms with Gasteiger partial charge in [-0.05, 0) is 26.3 Å². The van der Waals surface area contributed by atoms with Crippen molar-refractivity contribution in [3.63, 3.8) is 0 Å². The zero-order valence-corrected chi connectivity index (χ0v) is 12.5. The number of carbonyl (C=O) groups excluding carboxylic acids is 1. The highest BCUT2D eigenvalue weighted by Gasteiger charge is 2.21. The second kappa shape index (κ2) is 9.33. The van der Waals surface area contributed by atoms with Crippen LogP contribution in [0, 0.1) is 0 Å². The molecule has 0 aliphatic heterocycles. The molecule has 0 aliphatic rings. The van der Waals surface area contributed by atoms with Gasteiger partial charge in [-0.25, -0.2) is 8.42 Å². The Labute approximate surface area is 111 Å². The molecular weight excluding hydrogens is 252 g/mol. The predicted molar refractivity (Wildman–Crippen MR) is 74.3 cm³/mol. The first-order valence-electron chi connectivity index (χ1n) is 6.65. The second-order valence-electron chi connectivity index (χ2n) is 4.45. The molecule has 0 spiro atoms. The molecule has 0 saturated heterocycles. The Morgan fingerprint density at radius 3 is 2.33 bits per heavy atom. The van der Waals surface area contributed by atoms with Crippen LogP contribution in [-0.4, -0.2) is 45.0 Å². The highest BCUT2D eigenvalue weighted by Crippen LogP contribution is 2.03. The maximum Gasteiger partial charge on any atom is 0.235 e. The average Bonchev–Trinajstić information content (AvgIpc) is 2.25. The summed E-state index contributed by atoms with van der Waals surface area (Å²) in [6, 6.07) is -0.0469. The topological polar surface area (TPSA) is 75.3 Å². The van der Waals surface area contributed by atoms with Crippen LogP contribution < -0.4 is 10.6 Å². The third-order valence-corrected chi connectivity index (χ3v) is 4.11. The quantitative estimate of drug-likeness (QED) is 0.617. The van der Waals surface area contributed by atoms with Crippen molar-refractivity contribution in [1.82, 2.24) is 10.6 Å². The van der Waals surface area contributed by atoms with Gasteiger partial charge in [0.05, 0.1) is 5.75 Å². The molecule has 5 nitrogen and oxygen atoms in total. The average molecular weight is 278 g/mol. The second-order valence-corrected chi connectivity index (χ2v) is 6.56. The van der Waals surface area contributed by atoms with E-state index >= 15 is 0 Å². The summed E-state index contributed by atoms with van der Waals surface area (Å²) < 4.78 is 23.7. The summed E-state index contributed by atoms with van der Waals surface area (Å²) >= 11 is 0. The third-order valence-electron chi connectivity index (χ3n) is 2.50. The van der Waals surface area contributed by atoms with Crippen molar-refractivity contribution in [2.75, 3.05) is 24.6 Å². The molecule has 0 aromatic carbocycles. The van der Waals surface area contributed by atoms with Crippen LogP contribution >= 0.6 is 0 Å². The van der Waals surface area contributed by atoms with Gasteiger partial charge in [-0.3, -0.25) is 4.79 Å². The maximum absolute atomic E-state index is 11.9. The van der Waals surface area contributed by atoms with E-state index in [0.29, 0.717) is 6.54 Å². The fourth-order valence-corrected chi connectivity index (χ4v) is 3.27. The van der Waals surface area contributed by atoms with E-state index in [2.05, 4.69) is 10.6 Å². The van der Waals surface area contributed by atoms with E-state index in [9.17, 15) is 13.2 Å². The van der Waals surface area contributed by atoms with E-state index in [1.807, 2.05) is 13.8 Å². The number of nitrogens with one attached hydrogen (secondary N) is 2. The Kier molecular flexibility index (Phi) is 9.01. The van der Waals surface area contributed by atoms with Gasteiger partial charge < -0.3 is 10.6 Å². The van der Waals surface area contributed by atoms with Crippen LogP contribution in [0.25, 0.3) is 0 Å². The molecule has 2 N–H and O–H groups in total. The van der Waals surface area contributed by atoms with Crippen LogP contribution in [0.1, 0.15) is 40.0 Å². The van der Waals surface area contributed by atoms with Crippen molar-refractivity contribution >= 4 is 15.7 Å². The van der Waals surface area contributed by atoms with E-state index in [4.69, 9.17) is 0 Å². The minimum absolute atomic E-state index is 0.0397. The summed E-state index contributed by atoms with van der Waals surface area (Å²) in [7, 11) is -3.33. The van der Waals surface area contributed by atoms with Crippen LogP contribution in [0.4, 0.5) is 0 Å². The molecule has 0 saturated carbocycles. The molecule has 6 heteroatoms. The van der Waals surface area contributed by atoms with Crippen LogP contribution in [0.5, 0.6) is 0 Å². The van der Waals surface area contributed by atoms with Crippen molar-refractivity contribution < 1.29 is 13.2 Å². The fourth-order valence-electron chi connectivity index (χ4n) is 1.75. The van der Waals surface area contributed by atoms with Crippen LogP contribution in [0.2, 0.25) is 0 Å². The molecule has 1 amide bonds. The Bertz CT molecular complexity index is 328. The number of carbonyl (C=O) groups is 1. The Morgan fingerprint density at radius 1 is 1.17 bits per heavy atom. The van der Waals surface area contributed by atoms with Gasteiger partial charge in [0.25, 0.3) is 0 Å². The normalized spacial score (nSPS) is 13.3. The first-order chi connectivity index (χ1) is 8.45. The van der Waals surface area contributed by atoms with Gasteiger partial charge in [-0.1, -0.05) is 20.3 Å². The Hall–Kier alpha value is -0.620. The zero-order chi connectivity index (χ0) is 14.0. The van der Waals surface area contributed by atoms with Gasteiger partial charge in [0.2, 0.25) is 5.91 Å². The van der Waals surface area contributed by atoms with Crippen molar-refractivity contribution in [3.8, 4) is 0 Å². The van der Waals surface area contributed by atoms with Crippen LogP contribution in [0.15, 0.2) is 0 Å².